The Balaban J connectivity index is 0.000000736. The zero-order valence-corrected chi connectivity index (χ0v) is 31.1. The van der Waals surface area contributed by atoms with Gasteiger partial charge in [-0.1, -0.05) is 27.7 Å². The molecule has 0 aromatic heterocycles. The van der Waals surface area contributed by atoms with E-state index in [0.717, 1.165) is 31.3 Å². The minimum atomic E-state index is -1.94. The van der Waals surface area contributed by atoms with Crippen LogP contribution in [0.3, 0.4) is 0 Å². The van der Waals surface area contributed by atoms with Gasteiger partial charge in [0.2, 0.25) is 0 Å². The Morgan fingerprint density at radius 1 is 0.958 bits per heavy atom. The van der Waals surface area contributed by atoms with Crippen molar-refractivity contribution in [2.45, 2.75) is 163 Å². The summed E-state index contributed by atoms with van der Waals surface area (Å²) in [5, 5.41) is 30.9. The van der Waals surface area contributed by atoms with Gasteiger partial charge >= 0.3 is 5.97 Å². The van der Waals surface area contributed by atoms with Crippen LogP contribution in [0.1, 0.15) is 114 Å². The first-order valence-electron chi connectivity index (χ1n) is 17.5. The number of hydrogen-bond donors (Lipinski definition) is 4. The Labute approximate surface area is 288 Å². The summed E-state index contributed by atoms with van der Waals surface area (Å²) >= 11 is 0. The lowest BCUT2D eigenvalue weighted by molar-refractivity contribution is -0.239. The summed E-state index contributed by atoms with van der Waals surface area (Å²) in [7, 11) is 1.31. The molecule has 5 N–H and O–H groups in total. The molecule has 3 rings (SSSR count). The minimum Gasteiger partial charge on any atom is -0.512 e. The van der Waals surface area contributed by atoms with Crippen LogP contribution in [-0.2, 0) is 38.1 Å². The van der Waals surface area contributed by atoms with Crippen LogP contribution < -0.4 is 5.73 Å². The topological polar surface area (TPSA) is 184 Å². The molecule has 3 heterocycles. The fourth-order valence-electron chi connectivity index (χ4n) is 7.08. The van der Waals surface area contributed by atoms with Gasteiger partial charge in [0.25, 0.3) is 6.47 Å². The van der Waals surface area contributed by atoms with Gasteiger partial charge in [-0.15, -0.1) is 0 Å². The first kappa shape index (κ1) is 43.9. The highest BCUT2D eigenvalue weighted by molar-refractivity contribution is 5.91. The van der Waals surface area contributed by atoms with E-state index in [4.69, 9.17) is 34.6 Å². The van der Waals surface area contributed by atoms with Crippen LogP contribution in [0.15, 0.2) is 11.3 Å². The van der Waals surface area contributed by atoms with Crippen molar-refractivity contribution in [3.63, 3.8) is 0 Å². The van der Waals surface area contributed by atoms with Crippen molar-refractivity contribution in [3.05, 3.63) is 11.3 Å². The highest BCUT2D eigenvalue weighted by Crippen LogP contribution is 2.35. The van der Waals surface area contributed by atoms with E-state index in [1.807, 2.05) is 20.8 Å². The average molecular weight is 688 g/mol. The van der Waals surface area contributed by atoms with Crippen molar-refractivity contribution in [3.8, 4) is 0 Å². The standard InChI is InChI=1S/C28H48O7.C6H13NO2.C2H4O2/c1-10-22-28(9,32)26(30)20(7)24(29)17(4)11-15(2)12-18(5)25(21(8)27(31)34-22)35-23-14-16(3)13-19(6)33-23;1-4-2-5(7)3-6(8)9-4;1-4-2-3/h15-16,18-23,25,29,32H,10-14H2,1-9H3;4-6,8H,2-3,7H2,1H3;2H,1H3/b24-17-;;/t15?,16?,18?,19?,20-,21?,22?,23-,25?,28+;;/m0../s1. The van der Waals surface area contributed by atoms with Crippen molar-refractivity contribution in [1.29, 1.82) is 0 Å². The summed E-state index contributed by atoms with van der Waals surface area (Å²) in [5.74, 6) is -1.94. The number of rotatable bonds is 4. The molecule has 0 saturated carbocycles. The first-order valence-corrected chi connectivity index (χ1v) is 17.5. The predicted molar refractivity (Wildman–Crippen MR) is 181 cm³/mol. The van der Waals surface area contributed by atoms with Crippen molar-refractivity contribution >= 4 is 18.2 Å². The quantitative estimate of drug-likeness (QED) is 0.230. The molecule has 0 bridgehead atoms. The Kier molecular flexibility index (Phi) is 18.8. The fraction of sp³-hybridized carbons (Fsp3) is 0.861. The molecule has 48 heavy (non-hydrogen) atoms. The van der Waals surface area contributed by atoms with Crippen molar-refractivity contribution in [2.75, 3.05) is 7.11 Å². The largest absolute Gasteiger partial charge is 0.512 e. The summed E-state index contributed by atoms with van der Waals surface area (Å²) in [6.07, 6.45) is 2.47. The predicted octanol–water partition coefficient (Wildman–Crippen LogP) is 4.97. The molecule has 12 nitrogen and oxygen atoms in total. The maximum atomic E-state index is 13.3. The smallest absolute Gasteiger partial charge is 0.311 e. The number of nitrogens with two attached hydrogens (primary N) is 1. The first-order chi connectivity index (χ1) is 22.3. The third-order valence-corrected chi connectivity index (χ3v) is 9.50. The number of allylic oxidation sites excluding steroid dienone is 2. The third kappa shape index (κ3) is 13.7. The van der Waals surface area contributed by atoms with Crippen LogP contribution in [0, 0.1) is 29.6 Å². The summed E-state index contributed by atoms with van der Waals surface area (Å²) in [6, 6.07) is 0.115. The van der Waals surface area contributed by atoms with Crippen LogP contribution in [-0.4, -0.2) is 89.3 Å². The SMILES string of the molecule is CC1CC(N)CC(O)O1.CCC1OC(=O)C(C)C(O[C@H]2CC(C)CC(C)O2)C(C)CC(C)C/C(C)=C(\O)[C@H](C)C(=O)[C@]1(C)O.COC=O. The summed E-state index contributed by atoms with van der Waals surface area (Å²) in [5.41, 5.74) is 4.37. The van der Waals surface area contributed by atoms with Gasteiger partial charge < -0.3 is 44.7 Å². The van der Waals surface area contributed by atoms with Gasteiger partial charge in [0.1, 0.15) is 11.9 Å². The number of aliphatic hydroxyl groups is 3. The van der Waals surface area contributed by atoms with Crippen LogP contribution in [0.5, 0.6) is 0 Å². The van der Waals surface area contributed by atoms with Gasteiger partial charge in [-0.25, -0.2) is 0 Å². The van der Waals surface area contributed by atoms with E-state index in [1.54, 1.807) is 20.8 Å². The molecule has 2 saturated heterocycles. The van der Waals surface area contributed by atoms with Crippen molar-refractivity contribution in [1.82, 2.24) is 0 Å². The number of esters is 1. The van der Waals surface area contributed by atoms with E-state index in [1.165, 1.54) is 14.0 Å². The normalized spacial score (nSPS) is 41.7. The lowest BCUT2D eigenvalue weighted by atomic mass is 9.81. The minimum absolute atomic E-state index is 0.0150. The number of carbonyl (C=O) groups excluding carboxylic acids is 3. The second kappa shape index (κ2) is 20.6. The highest BCUT2D eigenvalue weighted by atomic mass is 16.7. The molecule has 0 spiro atoms. The fourth-order valence-corrected chi connectivity index (χ4v) is 7.08. The molecule has 0 aromatic rings. The van der Waals surface area contributed by atoms with Crippen molar-refractivity contribution < 1.29 is 53.4 Å². The van der Waals surface area contributed by atoms with Gasteiger partial charge in [0.05, 0.1) is 37.3 Å². The number of Topliss-reactive ketones (excluding diaryl/α,β-unsaturated/α-hetero) is 1. The van der Waals surface area contributed by atoms with E-state index >= 15 is 0 Å². The average Bonchev–Trinajstić information content (AvgIpc) is 2.99. The van der Waals surface area contributed by atoms with Gasteiger partial charge in [-0.3, -0.25) is 14.4 Å². The molecular weight excluding hydrogens is 622 g/mol. The molecule has 3 aliphatic rings. The summed E-state index contributed by atoms with van der Waals surface area (Å²) in [6.45, 7) is 19.0. The monoisotopic (exact) mass is 687 g/mol. The molecule has 0 aliphatic carbocycles. The zero-order valence-electron chi connectivity index (χ0n) is 31.1. The number of ether oxygens (including phenoxy) is 5. The molecule has 0 radical (unpaired) electrons. The Morgan fingerprint density at radius 2 is 1.54 bits per heavy atom. The second-order valence-electron chi connectivity index (χ2n) is 14.6. The van der Waals surface area contributed by atoms with E-state index in [-0.39, 0.29) is 42.3 Å². The van der Waals surface area contributed by atoms with Gasteiger partial charge in [0, 0.05) is 18.9 Å². The van der Waals surface area contributed by atoms with Crippen LogP contribution in [0.25, 0.3) is 0 Å². The van der Waals surface area contributed by atoms with E-state index in [2.05, 4.69) is 25.5 Å². The molecule has 2 fully saturated rings. The number of hydrogen-bond acceptors (Lipinski definition) is 12. The number of ketones is 1. The molecule has 280 valence electrons. The number of aliphatic hydroxyl groups excluding tert-OH is 2. The van der Waals surface area contributed by atoms with E-state index in [0.29, 0.717) is 25.2 Å². The molecule has 3 aliphatic heterocycles. The maximum Gasteiger partial charge on any atom is 0.311 e. The molecule has 13 atom stereocenters. The zero-order chi connectivity index (χ0) is 36.9. The Morgan fingerprint density at radius 3 is 2.04 bits per heavy atom. The van der Waals surface area contributed by atoms with Gasteiger partial charge in [-0.2, -0.15) is 0 Å². The number of carbonyl (C=O) groups is 3. The van der Waals surface area contributed by atoms with Crippen molar-refractivity contribution in [2.24, 2.45) is 35.3 Å². The number of cyclic esters (lactones) is 1. The molecule has 10 unspecified atom stereocenters. The second-order valence-corrected chi connectivity index (χ2v) is 14.6. The maximum absolute atomic E-state index is 13.3. The summed E-state index contributed by atoms with van der Waals surface area (Å²) < 4.78 is 27.2. The summed E-state index contributed by atoms with van der Waals surface area (Å²) in [4.78, 5) is 35.5. The van der Waals surface area contributed by atoms with Gasteiger partial charge in [0.15, 0.2) is 24.0 Å². The van der Waals surface area contributed by atoms with Gasteiger partial charge in [-0.05, 0) is 97.0 Å². The lowest BCUT2D eigenvalue weighted by Crippen LogP contribution is -2.52. The van der Waals surface area contributed by atoms with Crippen LogP contribution in [0.2, 0.25) is 0 Å². The molecular formula is C36H65NO11. The highest BCUT2D eigenvalue weighted by Gasteiger charge is 2.46. The molecule has 0 aromatic carbocycles. The van der Waals surface area contributed by atoms with Crippen LogP contribution in [0.4, 0.5) is 0 Å². The molecule has 0 amide bonds. The number of methoxy groups -OCH3 is 1. The molecule has 12 heteroatoms. The van der Waals surface area contributed by atoms with Crippen LogP contribution >= 0.6 is 0 Å². The van der Waals surface area contributed by atoms with E-state index in [9.17, 15) is 19.8 Å². The van der Waals surface area contributed by atoms with E-state index < -0.39 is 54.0 Å². The third-order valence-electron chi connectivity index (χ3n) is 9.50. The Bertz CT molecular complexity index is 998. The Hall–Kier alpha value is -2.09. The lowest BCUT2D eigenvalue weighted by Gasteiger charge is -2.39.